The maximum atomic E-state index is 12.4. The number of ether oxygens (including phenoxy) is 1. The molecule has 1 saturated heterocycles. The summed E-state index contributed by atoms with van der Waals surface area (Å²) >= 11 is 1.39. The van der Waals surface area contributed by atoms with E-state index in [1.165, 1.54) is 29.5 Å². The molecule has 1 aromatic carbocycles. The van der Waals surface area contributed by atoms with Gasteiger partial charge in [0.2, 0.25) is 11.0 Å². The number of ketones is 1. The zero-order valence-corrected chi connectivity index (χ0v) is 22.4. The van der Waals surface area contributed by atoms with Gasteiger partial charge >= 0.3 is 6.36 Å². The van der Waals surface area contributed by atoms with Crippen LogP contribution in [0.2, 0.25) is 0 Å². The summed E-state index contributed by atoms with van der Waals surface area (Å²) in [4.78, 5) is 31.1. The van der Waals surface area contributed by atoms with Crippen LogP contribution >= 0.6 is 11.3 Å². The van der Waals surface area contributed by atoms with Crippen molar-refractivity contribution in [1.29, 1.82) is 0 Å². The van der Waals surface area contributed by atoms with E-state index in [0.717, 1.165) is 35.6 Å². The molecular formula is C27H24F3N7O3S. The quantitative estimate of drug-likeness (QED) is 0.293. The van der Waals surface area contributed by atoms with E-state index < -0.39 is 18.0 Å². The SMILES string of the molecule is O=C(Cc1ccccn1)Cc1nnc(N2CCC(c3ccc(NC(=O)Cc4cccc(OC(F)(F)F)c4)nn3)C2)s1. The zero-order valence-electron chi connectivity index (χ0n) is 21.5. The number of aromatic nitrogens is 5. The van der Waals surface area contributed by atoms with Crippen molar-refractivity contribution in [3.8, 4) is 5.75 Å². The number of Topliss-reactive ketones (excluding diaryl/α,β-unsaturated/α-hetero) is 1. The van der Waals surface area contributed by atoms with Gasteiger partial charge < -0.3 is 15.0 Å². The van der Waals surface area contributed by atoms with E-state index >= 15 is 0 Å². The van der Waals surface area contributed by atoms with Gasteiger partial charge in [-0.05, 0) is 48.4 Å². The molecule has 1 aliphatic rings. The van der Waals surface area contributed by atoms with Crippen LogP contribution in [0.15, 0.2) is 60.8 Å². The zero-order chi connectivity index (χ0) is 28.8. The molecule has 1 unspecified atom stereocenters. The van der Waals surface area contributed by atoms with Crippen LogP contribution in [-0.2, 0) is 28.9 Å². The number of benzene rings is 1. The van der Waals surface area contributed by atoms with Crippen LogP contribution in [0.25, 0.3) is 0 Å². The Bertz CT molecular complexity index is 1500. The van der Waals surface area contributed by atoms with Gasteiger partial charge in [0.1, 0.15) is 16.5 Å². The van der Waals surface area contributed by atoms with Crippen LogP contribution in [0.5, 0.6) is 5.75 Å². The molecule has 1 atom stereocenters. The van der Waals surface area contributed by atoms with E-state index in [-0.39, 0.29) is 36.8 Å². The average molecular weight is 584 g/mol. The number of halogens is 3. The van der Waals surface area contributed by atoms with Gasteiger partial charge in [-0.25, -0.2) is 0 Å². The molecule has 14 heteroatoms. The first kappa shape index (κ1) is 28.1. The molecule has 0 spiro atoms. The number of carbonyl (C=O) groups is 2. The number of rotatable bonds is 10. The third-order valence-corrected chi connectivity index (χ3v) is 7.22. The second-order valence-corrected chi connectivity index (χ2v) is 10.4. The summed E-state index contributed by atoms with van der Waals surface area (Å²) < 4.78 is 41.2. The van der Waals surface area contributed by atoms with Crippen LogP contribution in [-0.4, -0.2) is 56.5 Å². The summed E-state index contributed by atoms with van der Waals surface area (Å²) in [5, 5.41) is 20.8. The topological polar surface area (TPSA) is 123 Å². The normalized spacial score (nSPS) is 15.1. The van der Waals surface area contributed by atoms with Crippen molar-refractivity contribution in [2.75, 3.05) is 23.3 Å². The molecule has 5 rings (SSSR count). The van der Waals surface area contributed by atoms with E-state index in [0.29, 0.717) is 17.1 Å². The first-order valence-electron chi connectivity index (χ1n) is 12.7. The van der Waals surface area contributed by atoms with Crippen molar-refractivity contribution in [3.63, 3.8) is 0 Å². The van der Waals surface area contributed by atoms with E-state index in [1.54, 1.807) is 24.4 Å². The van der Waals surface area contributed by atoms with Crippen LogP contribution < -0.4 is 15.0 Å². The predicted molar refractivity (Wildman–Crippen MR) is 144 cm³/mol. The van der Waals surface area contributed by atoms with Gasteiger partial charge in [0.05, 0.1) is 18.5 Å². The molecule has 1 fully saturated rings. The van der Waals surface area contributed by atoms with Crippen LogP contribution in [0, 0.1) is 0 Å². The van der Waals surface area contributed by atoms with E-state index in [9.17, 15) is 22.8 Å². The highest BCUT2D eigenvalue weighted by molar-refractivity contribution is 7.15. The number of carbonyl (C=O) groups excluding carboxylic acids is 2. The number of nitrogens with one attached hydrogen (secondary N) is 1. The molecule has 41 heavy (non-hydrogen) atoms. The van der Waals surface area contributed by atoms with Crippen molar-refractivity contribution in [3.05, 3.63) is 82.8 Å². The Morgan fingerprint density at radius 1 is 1.00 bits per heavy atom. The van der Waals surface area contributed by atoms with E-state index in [2.05, 4.69) is 40.3 Å². The first-order chi connectivity index (χ1) is 19.7. The maximum Gasteiger partial charge on any atom is 0.573 e. The monoisotopic (exact) mass is 583 g/mol. The van der Waals surface area contributed by atoms with Crippen molar-refractivity contribution < 1.29 is 27.5 Å². The smallest absolute Gasteiger partial charge is 0.406 e. The molecule has 4 aromatic rings. The number of amides is 1. The average Bonchev–Trinajstić information content (AvgIpc) is 3.59. The van der Waals surface area contributed by atoms with Gasteiger partial charge in [-0.1, -0.05) is 29.5 Å². The standard InChI is InChI=1S/C27H24F3N7O3S/c28-27(29,30)40-21-6-3-4-17(12-21)13-24(39)32-23-8-7-22(33-34-23)18-9-11-37(16-18)26-36-35-25(41-26)15-20(38)14-19-5-1-2-10-31-19/h1-8,10,12,18H,9,11,13-16H2,(H,32,34,39). The molecule has 0 saturated carbocycles. The number of pyridine rings is 1. The molecule has 0 bridgehead atoms. The molecule has 0 aliphatic carbocycles. The lowest BCUT2D eigenvalue weighted by Crippen LogP contribution is -2.19. The Hall–Kier alpha value is -4.46. The van der Waals surface area contributed by atoms with E-state index in [4.69, 9.17) is 0 Å². The number of hydrogen-bond acceptors (Lipinski definition) is 10. The highest BCUT2D eigenvalue weighted by Crippen LogP contribution is 2.32. The fraction of sp³-hybridized carbons (Fsp3) is 0.296. The lowest BCUT2D eigenvalue weighted by Gasteiger charge is -2.14. The number of anilines is 2. The van der Waals surface area contributed by atoms with Crippen LogP contribution in [0.4, 0.5) is 24.1 Å². The van der Waals surface area contributed by atoms with Gasteiger partial charge in [0.25, 0.3) is 0 Å². The van der Waals surface area contributed by atoms with Crippen molar-refractivity contribution in [2.45, 2.75) is 38.0 Å². The van der Waals surface area contributed by atoms with Gasteiger partial charge in [0.15, 0.2) is 5.82 Å². The Labute approximate surface area is 236 Å². The lowest BCUT2D eigenvalue weighted by molar-refractivity contribution is -0.274. The number of hydrogen-bond donors (Lipinski definition) is 1. The Kier molecular flexibility index (Phi) is 8.47. The summed E-state index contributed by atoms with van der Waals surface area (Å²) in [6.45, 7) is 1.41. The minimum absolute atomic E-state index is 0.0251. The molecule has 1 amide bonds. The third kappa shape index (κ3) is 8.03. The van der Waals surface area contributed by atoms with E-state index in [1.807, 2.05) is 12.1 Å². The second kappa shape index (κ2) is 12.4. The fourth-order valence-corrected chi connectivity index (χ4v) is 5.31. The van der Waals surface area contributed by atoms with Crippen LogP contribution in [0.1, 0.15) is 34.3 Å². The highest BCUT2D eigenvalue weighted by Gasteiger charge is 2.31. The Morgan fingerprint density at radius 3 is 2.63 bits per heavy atom. The minimum Gasteiger partial charge on any atom is -0.406 e. The van der Waals surface area contributed by atoms with Crippen molar-refractivity contribution in [2.24, 2.45) is 0 Å². The molecule has 0 radical (unpaired) electrons. The fourth-order valence-electron chi connectivity index (χ4n) is 4.41. The van der Waals surface area contributed by atoms with Gasteiger partial charge in [-0.3, -0.25) is 14.6 Å². The minimum atomic E-state index is -4.81. The van der Waals surface area contributed by atoms with Gasteiger partial charge in [0, 0.05) is 37.3 Å². The molecule has 4 heterocycles. The van der Waals surface area contributed by atoms with Gasteiger partial charge in [-0.15, -0.1) is 28.5 Å². The van der Waals surface area contributed by atoms with Crippen molar-refractivity contribution in [1.82, 2.24) is 25.4 Å². The molecular weight excluding hydrogens is 559 g/mol. The summed E-state index contributed by atoms with van der Waals surface area (Å²) in [5.74, 6) is -0.482. The predicted octanol–water partition coefficient (Wildman–Crippen LogP) is 4.15. The first-order valence-corrected chi connectivity index (χ1v) is 13.5. The summed E-state index contributed by atoms with van der Waals surface area (Å²) in [5.41, 5.74) is 1.84. The molecule has 10 nitrogen and oxygen atoms in total. The Morgan fingerprint density at radius 2 is 1.88 bits per heavy atom. The summed E-state index contributed by atoms with van der Waals surface area (Å²) in [7, 11) is 0. The summed E-state index contributed by atoms with van der Waals surface area (Å²) in [6, 6.07) is 14.1. The summed E-state index contributed by atoms with van der Waals surface area (Å²) in [6.07, 6.45) is -2.03. The number of nitrogens with zero attached hydrogens (tertiary/aromatic N) is 6. The number of alkyl halides is 3. The molecule has 1 aliphatic heterocycles. The van der Waals surface area contributed by atoms with Crippen LogP contribution in [0.3, 0.4) is 0 Å². The Balaban J connectivity index is 1.11. The van der Waals surface area contributed by atoms with Crippen molar-refractivity contribution >= 4 is 34.0 Å². The maximum absolute atomic E-state index is 12.4. The highest BCUT2D eigenvalue weighted by atomic mass is 32.1. The molecule has 3 aromatic heterocycles. The largest absolute Gasteiger partial charge is 0.573 e. The molecule has 212 valence electrons. The third-order valence-electron chi connectivity index (χ3n) is 6.24. The second-order valence-electron chi connectivity index (χ2n) is 9.39. The van der Waals surface area contributed by atoms with Gasteiger partial charge in [-0.2, -0.15) is 5.10 Å². The lowest BCUT2D eigenvalue weighted by atomic mass is 10.1. The molecule has 1 N–H and O–H groups in total.